The van der Waals surface area contributed by atoms with Gasteiger partial charge in [-0.15, -0.1) is 11.3 Å². The zero-order chi connectivity index (χ0) is 29.5. The van der Waals surface area contributed by atoms with Crippen LogP contribution in [-0.2, 0) is 12.8 Å². The Kier molecular flexibility index (Phi) is 4.54. The minimum absolute atomic E-state index is 0.125. The summed E-state index contributed by atoms with van der Waals surface area (Å²) >= 11 is 1.56. The predicted molar refractivity (Wildman–Crippen MR) is 169 cm³/mol. The average molecular weight is 543 g/mol. The second kappa shape index (κ2) is 8.83. The molecule has 0 radical (unpaired) electrons. The van der Waals surface area contributed by atoms with Gasteiger partial charge in [0, 0.05) is 47.2 Å². The molecule has 0 amide bonds. The number of thiophene rings is 1. The molecule has 1 unspecified atom stereocenters. The normalized spacial score (nSPS) is 16.4. The first-order valence-corrected chi connectivity index (χ1v) is 14.6. The van der Waals surface area contributed by atoms with Gasteiger partial charge in [-0.3, -0.25) is 0 Å². The van der Waals surface area contributed by atoms with Crippen LogP contribution in [0.5, 0.6) is 0 Å². The maximum Gasteiger partial charge on any atom is 0.140 e. The van der Waals surface area contributed by atoms with E-state index >= 15 is 0 Å². The molecule has 7 aromatic rings. The van der Waals surface area contributed by atoms with Crippen LogP contribution in [0.3, 0.4) is 0 Å². The highest BCUT2D eigenvalue weighted by molar-refractivity contribution is 7.25. The summed E-state index contributed by atoms with van der Waals surface area (Å²) in [5.74, 6) is 0. The Morgan fingerprint density at radius 3 is 2.62 bits per heavy atom. The van der Waals surface area contributed by atoms with Gasteiger partial charge < -0.3 is 14.6 Å². The molecule has 0 fully saturated rings. The van der Waals surface area contributed by atoms with Crippen LogP contribution in [0.25, 0.3) is 42.2 Å². The molecule has 0 bridgehead atoms. The van der Waals surface area contributed by atoms with Crippen molar-refractivity contribution in [1.82, 2.24) is 4.98 Å². The minimum Gasteiger partial charge on any atom is -0.456 e. The van der Waals surface area contributed by atoms with Gasteiger partial charge in [-0.1, -0.05) is 62.4 Å². The molecule has 0 spiro atoms. The Morgan fingerprint density at radius 2 is 1.75 bits per heavy atom. The Hall–Kier alpha value is -4.35. The minimum atomic E-state index is -2.25. The highest BCUT2D eigenvalue weighted by Gasteiger charge is 2.35. The summed E-state index contributed by atoms with van der Waals surface area (Å²) < 4.78 is 31.3. The maximum absolute atomic E-state index is 7.88. The van der Waals surface area contributed by atoms with Gasteiger partial charge in [0.15, 0.2) is 0 Å². The first kappa shape index (κ1) is 20.5. The monoisotopic (exact) mass is 542 g/mol. The number of aromatic nitrogens is 1. The van der Waals surface area contributed by atoms with Gasteiger partial charge in [0.1, 0.15) is 22.2 Å². The van der Waals surface area contributed by atoms with Gasteiger partial charge in [0.2, 0.25) is 0 Å². The topological polar surface area (TPSA) is 41.3 Å². The number of nitrogens with one attached hydrogen (secondary N) is 1. The lowest BCUT2D eigenvalue weighted by Gasteiger charge is -2.31. The first-order valence-electron chi connectivity index (χ1n) is 15.3. The van der Waals surface area contributed by atoms with E-state index in [0.717, 1.165) is 72.0 Å². The van der Waals surface area contributed by atoms with Crippen LogP contribution in [-0.4, -0.2) is 4.98 Å². The van der Waals surface area contributed by atoms with Gasteiger partial charge >= 0.3 is 0 Å². The molecule has 0 saturated heterocycles. The summed E-state index contributed by atoms with van der Waals surface area (Å²) in [4.78, 5) is 7.77. The number of anilines is 3. The van der Waals surface area contributed by atoms with Crippen LogP contribution < -0.4 is 10.2 Å². The van der Waals surface area contributed by atoms with E-state index in [0.29, 0.717) is 0 Å². The molecule has 1 aliphatic heterocycles. The fourth-order valence-electron chi connectivity index (χ4n) is 6.41. The lowest BCUT2D eigenvalue weighted by atomic mass is 9.96. The van der Waals surface area contributed by atoms with E-state index in [4.69, 9.17) is 8.53 Å². The average Bonchev–Trinajstić information content (AvgIpc) is 3.70. The van der Waals surface area contributed by atoms with Crippen molar-refractivity contribution in [2.45, 2.75) is 39.7 Å². The molecule has 3 aromatic heterocycles. The third kappa shape index (κ3) is 3.28. The molecule has 4 nitrogen and oxygen atoms in total. The summed E-state index contributed by atoms with van der Waals surface area (Å²) in [5, 5.41) is 8.20. The molecular weight excluding hydrogens is 510 g/mol. The molecule has 196 valence electrons. The number of pyridine rings is 1. The van der Waals surface area contributed by atoms with Crippen molar-refractivity contribution >= 4 is 70.6 Å². The Labute approximate surface area is 241 Å². The molecule has 1 atom stereocenters. The van der Waals surface area contributed by atoms with Crippen molar-refractivity contribution in [3.8, 4) is 0 Å². The number of benzene rings is 4. The van der Waals surface area contributed by atoms with Crippen molar-refractivity contribution in [2.24, 2.45) is 0 Å². The Balaban J connectivity index is 1.39. The van der Waals surface area contributed by atoms with E-state index in [1.54, 1.807) is 17.4 Å². The van der Waals surface area contributed by atoms with Gasteiger partial charge in [0.05, 0.1) is 17.1 Å². The van der Waals surface area contributed by atoms with Gasteiger partial charge in [0.25, 0.3) is 0 Å². The van der Waals surface area contributed by atoms with E-state index in [9.17, 15) is 0 Å². The second-order valence-corrected chi connectivity index (χ2v) is 11.4. The molecule has 40 heavy (non-hydrogen) atoms. The van der Waals surface area contributed by atoms with E-state index in [1.165, 1.54) is 16.8 Å². The molecular formula is C35H29N3OS. The molecule has 1 N–H and O–H groups in total. The summed E-state index contributed by atoms with van der Waals surface area (Å²) in [5.41, 5.74) is 8.94. The highest BCUT2D eigenvalue weighted by Crippen LogP contribution is 2.52. The lowest BCUT2D eigenvalue weighted by molar-refractivity contribution is 0.662. The van der Waals surface area contributed by atoms with Crippen molar-refractivity contribution in [2.75, 3.05) is 10.2 Å². The third-order valence-electron chi connectivity index (χ3n) is 8.20. The Bertz CT molecular complexity index is 2210. The summed E-state index contributed by atoms with van der Waals surface area (Å²) in [6, 6.07) is 29.0. The van der Waals surface area contributed by atoms with E-state index in [1.807, 2.05) is 18.2 Å². The van der Waals surface area contributed by atoms with Crippen LogP contribution >= 0.6 is 11.3 Å². The van der Waals surface area contributed by atoms with Crippen molar-refractivity contribution in [3.05, 3.63) is 107 Å². The van der Waals surface area contributed by atoms with Crippen molar-refractivity contribution < 1.29 is 8.53 Å². The van der Waals surface area contributed by atoms with E-state index in [2.05, 4.69) is 89.7 Å². The zero-order valence-electron chi connectivity index (χ0n) is 25.3. The van der Waals surface area contributed by atoms with Crippen molar-refractivity contribution in [1.29, 1.82) is 0 Å². The molecule has 4 heterocycles. The molecule has 0 aliphatic carbocycles. The number of hydrogen-bond donors (Lipinski definition) is 1. The molecule has 8 rings (SSSR count). The quantitative estimate of drug-likeness (QED) is 0.240. The summed E-state index contributed by atoms with van der Waals surface area (Å²) in [7, 11) is 0. The number of aryl methyl sites for hydroxylation is 3. The van der Waals surface area contributed by atoms with Crippen molar-refractivity contribution in [3.63, 3.8) is 0 Å². The number of rotatable bonds is 4. The number of para-hydroxylation sites is 3. The number of hydrogen-bond acceptors (Lipinski definition) is 5. The second-order valence-electron chi connectivity index (χ2n) is 10.4. The molecule has 1 aliphatic rings. The number of nitrogens with zero attached hydrogens (tertiary/aromatic N) is 2. The number of furan rings is 1. The van der Waals surface area contributed by atoms with Crippen LogP contribution in [0, 0.1) is 6.85 Å². The van der Waals surface area contributed by atoms with Crippen LogP contribution in [0.2, 0.25) is 0 Å². The fraction of sp³-hybridized carbons (Fsp3) is 0.171. The van der Waals surface area contributed by atoms with Crippen LogP contribution in [0.1, 0.15) is 46.5 Å². The highest BCUT2D eigenvalue weighted by atomic mass is 32.1. The van der Waals surface area contributed by atoms with Gasteiger partial charge in [-0.05, 0) is 61.7 Å². The fourth-order valence-corrected chi connectivity index (χ4v) is 7.62. The SMILES string of the molecule is [2H]C([2H])([2H])c1ccc2c(n1)sc1c(C3Nc4ccccc4N3c3c(CC)cc4c(oc5ccccc54)c3CC)cccc12. The predicted octanol–water partition coefficient (Wildman–Crippen LogP) is 10.0. The first-order chi connectivity index (χ1) is 20.9. The lowest BCUT2D eigenvalue weighted by Crippen LogP contribution is -2.25. The standard InChI is InChI=1S/C35H29N3OS/c1-4-21-19-27-23-11-6-9-16-30(23)39-32(27)22(5-2)31(21)38-29-15-8-7-14-28(29)37-34(38)26-13-10-12-24-25-18-17-20(3)36-35(25)40-33(24)26/h6-19,34,37H,4-5H2,1-3H3/i3D3. The zero-order valence-corrected chi connectivity index (χ0v) is 23.1. The molecule has 0 saturated carbocycles. The smallest absolute Gasteiger partial charge is 0.140 e. The Morgan fingerprint density at radius 1 is 0.900 bits per heavy atom. The summed E-state index contributed by atoms with van der Waals surface area (Å²) in [6.45, 7) is 2.18. The van der Waals surface area contributed by atoms with Gasteiger partial charge in [-0.2, -0.15) is 0 Å². The molecule has 4 aromatic carbocycles. The van der Waals surface area contributed by atoms with E-state index in [-0.39, 0.29) is 11.9 Å². The van der Waals surface area contributed by atoms with Gasteiger partial charge in [-0.25, -0.2) is 4.98 Å². The van der Waals surface area contributed by atoms with Crippen LogP contribution in [0.15, 0.2) is 89.3 Å². The number of fused-ring (bicyclic) bond motifs is 7. The summed E-state index contributed by atoms with van der Waals surface area (Å²) in [6.07, 6.45) is 1.51. The third-order valence-corrected chi connectivity index (χ3v) is 9.36. The molecule has 5 heteroatoms. The van der Waals surface area contributed by atoms with E-state index < -0.39 is 6.85 Å². The largest absolute Gasteiger partial charge is 0.456 e. The maximum atomic E-state index is 7.88. The van der Waals surface area contributed by atoms with Crippen LogP contribution in [0.4, 0.5) is 17.1 Å².